The molecule has 0 atom stereocenters. The summed E-state index contributed by atoms with van der Waals surface area (Å²) in [6.45, 7) is 4.81. The number of anilines is 1. The molecule has 0 aliphatic carbocycles. The highest BCUT2D eigenvalue weighted by Crippen LogP contribution is 2.33. The molecule has 6 heteroatoms. The number of allylic oxidation sites excluding steroid dienone is 1. The maximum absolute atomic E-state index is 14.3. The number of nitriles is 1. The van der Waals surface area contributed by atoms with E-state index in [9.17, 15) is 9.65 Å². The van der Waals surface area contributed by atoms with Crippen molar-refractivity contribution in [2.45, 2.75) is 19.9 Å². The van der Waals surface area contributed by atoms with Crippen LogP contribution in [0.2, 0.25) is 0 Å². The average Bonchev–Trinajstić information content (AvgIpc) is 3.33. The Morgan fingerprint density at radius 2 is 2.06 bits per heavy atom. The minimum atomic E-state index is -0.227. The average molecular weight is 440 g/mol. The topological polar surface area (TPSA) is 66.9 Å². The molecule has 5 nitrogen and oxygen atoms in total. The summed E-state index contributed by atoms with van der Waals surface area (Å²) in [7, 11) is 0. The standard InChI is InChI=1S/C27H26FN5/c1-18-22-10-13-31-26(22)7-6-25(18)32-27-21(14-29)16-33(15-20-4-2-3-5-24(20)28)17-23(27)19-8-11-30-12-9-19/h2-8,10,13,16,30-32H,9,11-12,15,17H2,1H3. The van der Waals surface area contributed by atoms with Gasteiger partial charge in [-0.15, -0.1) is 0 Å². The van der Waals surface area contributed by atoms with Crippen molar-refractivity contribution in [3.63, 3.8) is 0 Å². The first-order valence-corrected chi connectivity index (χ1v) is 11.2. The molecule has 0 bridgehead atoms. The van der Waals surface area contributed by atoms with Gasteiger partial charge in [-0.2, -0.15) is 5.26 Å². The lowest BCUT2D eigenvalue weighted by Crippen LogP contribution is -2.30. The van der Waals surface area contributed by atoms with Crippen LogP contribution >= 0.6 is 0 Å². The molecule has 33 heavy (non-hydrogen) atoms. The summed E-state index contributed by atoms with van der Waals surface area (Å²) in [5.41, 5.74) is 7.54. The van der Waals surface area contributed by atoms with Crippen LogP contribution in [0.1, 0.15) is 17.5 Å². The van der Waals surface area contributed by atoms with E-state index >= 15 is 0 Å². The zero-order valence-corrected chi connectivity index (χ0v) is 18.6. The number of H-pyrrole nitrogens is 1. The lowest BCUT2D eigenvalue weighted by molar-refractivity contribution is 0.383. The van der Waals surface area contributed by atoms with Gasteiger partial charge in [0.2, 0.25) is 0 Å². The van der Waals surface area contributed by atoms with Crippen molar-refractivity contribution in [2.24, 2.45) is 0 Å². The molecule has 166 valence electrons. The van der Waals surface area contributed by atoms with Crippen LogP contribution in [0.25, 0.3) is 10.9 Å². The first-order valence-electron chi connectivity index (χ1n) is 11.2. The number of benzene rings is 2. The Bertz CT molecular complexity index is 1340. The summed E-state index contributed by atoms with van der Waals surface area (Å²) >= 11 is 0. The van der Waals surface area contributed by atoms with Gasteiger partial charge in [0.05, 0.1) is 11.3 Å². The van der Waals surface area contributed by atoms with E-state index in [1.807, 2.05) is 23.4 Å². The molecule has 2 aromatic carbocycles. The van der Waals surface area contributed by atoms with E-state index in [0.29, 0.717) is 24.2 Å². The lowest BCUT2D eigenvalue weighted by atomic mass is 9.92. The van der Waals surface area contributed by atoms with E-state index < -0.39 is 0 Å². The second kappa shape index (κ2) is 8.97. The summed E-state index contributed by atoms with van der Waals surface area (Å²) < 4.78 is 14.3. The highest BCUT2D eigenvalue weighted by Gasteiger charge is 2.25. The van der Waals surface area contributed by atoms with Crippen LogP contribution in [-0.2, 0) is 6.54 Å². The van der Waals surface area contributed by atoms with Gasteiger partial charge < -0.3 is 20.5 Å². The molecule has 0 spiro atoms. The molecule has 0 saturated heterocycles. The van der Waals surface area contributed by atoms with Crippen LogP contribution in [0.4, 0.5) is 10.1 Å². The molecular formula is C27H26FN5. The van der Waals surface area contributed by atoms with E-state index in [1.165, 1.54) is 11.6 Å². The van der Waals surface area contributed by atoms with Crippen molar-refractivity contribution in [3.05, 3.63) is 100 Å². The quantitative estimate of drug-likeness (QED) is 0.516. The number of aryl methyl sites for hydroxylation is 1. The second-order valence-electron chi connectivity index (χ2n) is 8.49. The van der Waals surface area contributed by atoms with Gasteiger partial charge in [0.15, 0.2) is 0 Å². The Balaban J connectivity index is 1.54. The zero-order chi connectivity index (χ0) is 22.8. The Hall–Kier alpha value is -3.82. The largest absolute Gasteiger partial charge is 0.367 e. The third-order valence-electron chi connectivity index (χ3n) is 6.41. The van der Waals surface area contributed by atoms with Gasteiger partial charge in [0.1, 0.15) is 11.9 Å². The summed E-state index contributed by atoms with van der Waals surface area (Å²) in [6.07, 6.45) is 6.88. The molecule has 0 unspecified atom stereocenters. The fourth-order valence-electron chi connectivity index (χ4n) is 4.62. The van der Waals surface area contributed by atoms with Gasteiger partial charge >= 0.3 is 0 Å². The number of hydrogen-bond donors (Lipinski definition) is 3. The van der Waals surface area contributed by atoms with Gasteiger partial charge in [0, 0.05) is 54.2 Å². The van der Waals surface area contributed by atoms with Gasteiger partial charge in [-0.3, -0.25) is 0 Å². The molecule has 1 aromatic heterocycles. The number of nitrogens with zero attached hydrogens (tertiary/aromatic N) is 2. The fraction of sp³-hybridized carbons (Fsp3) is 0.222. The van der Waals surface area contributed by atoms with Gasteiger partial charge in [-0.25, -0.2) is 4.39 Å². The Kier molecular flexibility index (Phi) is 5.72. The normalized spacial score (nSPS) is 16.5. The first-order chi connectivity index (χ1) is 16.1. The molecule has 0 saturated carbocycles. The fourth-order valence-corrected chi connectivity index (χ4v) is 4.62. The van der Waals surface area contributed by atoms with Crippen LogP contribution in [0.5, 0.6) is 0 Å². The van der Waals surface area contributed by atoms with E-state index in [-0.39, 0.29) is 5.82 Å². The number of fused-ring (bicyclic) bond motifs is 1. The Morgan fingerprint density at radius 3 is 2.85 bits per heavy atom. The van der Waals surface area contributed by atoms with Gasteiger partial charge in [-0.1, -0.05) is 24.3 Å². The van der Waals surface area contributed by atoms with E-state index in [0.717, 1.165) is 52.9 Å². The van der Waals surface area contributed by atoms with Crippen molar-refractivity contribution in [3.8, 4) is 6.07 Å². The van der Waals surface area contributed by atoms with Crippen molar-refractivity contribution >= 4 is 16.6 Å². The van der Waals surface area contributed by atoms with Gasteiger partial charge in [0.25, 0.3) is 0 Å². The molecule has 5 rings (SSSR count). The highest BCUT2D eigenvalue weighted by atomic mass is 19.1. The highest BCUT2D eigenvalue weighted by molar-refractivity contribution is 5.88. The zero-order valence-electron chi connectivity index (χ0n) is 18.6. The molecule has 3 N–H and O–H groups in total. The number of halogens is 1. The van der Waals surface area contributed by atoms with Crippen molar-refractivity contribution < 1.29 is 4.39 Å². The number of hydrogen-bond acceptors (Lipinski definition) is 4. The van der Waals surface area contributed by atoms with Crippen LogP contribution in [0.15, 0.2) is 83.4 Å². The predicted molar refractivity (Wildman–Crippen MR) is 130 cm³/mol. The monoisotopic (exact) mass is 439 g/mol. The number of nitrogens with one attached hydrogen (secondary N) is 3. The van der Waals surface area contributed by atoms with Gasteiger partial charge in [-0.05, 0) is 60.9 Å². The number of aromatic amines is 1. The molecule has 0 amide bonds. The smallest absolute Gasteiger partial charge is 0.128 e. The Morgan fingerprint density at radius 1 is 1.18 bits per heavy atom. The van der Waals surface area contributed by atoms with Crippen molar-refractivity contribution in [1.82, 2.24) is 15.2 Å². The van der Waals surface area contributed by atoms with Crippen LogP contribution in [-0.4, -0.2) is 29.5 Å². The van der Waals surface area contributed by atoms with Crippen LogP contribution < -0.4 is 10.6 Å². The van der Waals surface area contributed by atoms with Crippen LogP contribution in [0.3, 0.4) is 0 Å². The van der Waals surface area contributed by atoms with E-state index in [4.69, 9.17) is 0 Å². The Labute approximate surface area is 192 Å². The summed E-state index contributed by atoms with van der Waals surface area (Å²) in [6, 6.07) is 15.4. The van der Waals surface area contributed by atoms with Crippen LogP contribution in [0, 0.1) is 24.1 Å². The summed E-state index contributed by atoms with van der Waals surface area (Å²) in [4.78, 5) is 5.28. The molecule has 0 radical (unpaired) electrons. The number of rotatable bonds is 5. The lowest BCUT2D eigenvalue weighted by Gasteiger charge is -2.32. The minimum absolute atomic E-state index is 0.227. The third kappa shape index (κ3) is 4.15. The molecule has 3 heterocycles. The van der Waals surface area contributed by atoms with E-state index in [1.54, 1.807) is 12.1 Å². The molecular weight excluding hydrogens is 413 g/mol. The molecule has 2 aliphatic rings. The summed E-state index contributed by atoms with van der Waals surface area (Å²) in [5.74, 6) is -0.227. The van der Waals surface area contributed by atoms with Crippen molar-refractivity contribution in [1.29, 1.82) is 5.26 Å². The summed E-state index contributed by atoms with van der Waals surface area (Å²) in [5, 5.41) is 18.2. The maximum atomic E-state index is 14.3. The second-order valence-corrected chi connectivity index (χ2v) is 8.49. The van der Waals surface area contributed by atoms with E-state index in [2.05, 4.69) is 52.9 Å². The minimum Gasteiger partial charge on any atom is -0.367 e. The third-order valence-corrected chi connectivity index (χ3v) is 6.41. The molecule has 3 aromatic rings. The SMILES string of the molecule is Cc1c(NC2=C(C3=CCNCC3)CN(Cc3ccccc3F)C=C2C#N)ccc2[nH]ccc12. The predicted octanol–water partition coefficient (Wildman–Crippen LogP) is 5.12. The first kappa shape index (κ1) is 21.0. The molecule has 0 fully saturated rings. The van der Waals surface area contributed by atoms with Crippen molar-refractivity contribution in [2.75, 3.05) is 25.0 Å². The number of aromatic nitrogens is 1. The maximum Gasteiger partial charge on any atom is 0.128 e. The molecule has 2 aliphatic heterocycles.